The molecule has 3 heteroatoms. The van der Waals surface area contributed by atoms with Gasteiger partial charge in [0.05, 0.1) is 10.7 Å². The molecule has 0 unspecified atom stereocenters. The van der Waals surface area contributed by atoms with Gasteiger partial charge in [0, 0.05) is 11.4 Å². The van der Waals surface area contributed by atoms with E-state index in [1.165, 1.54) is 10.9 Å². The first-order valence-electron chi connectivity index (χ1n) is 5.56. The quantitative estimate of drug-likeness (QED) is 0.924. The number of halogens is 1. The molecule has 0 radical (unpaired) electrons. The van der Waals surface area contributed by atoms with Crippen molar-refractivity contribution in [3.05, 3.63) is 34.5 Å². The second-order valence-electron chi connectivity index (χ2n) is 4.24. The predicted octanol–water partition coefficient (Wildman–Crippen LogP) is 3.74. The molecule has 0 atom stereocenters. The van der Waals surface area contributed by atoms with E-state index < -0.39 is 0 Å². The summed E-state index contributed by atoms with van der Waals surface area (Å²) in [6.07, 6.45) is 2.86. The molecule has 0 aliphatic carbocycles. The zero-order valence-electron chi connectivity index (χ0n) is 9.59. The molecule has 86 valence electrons. The molecule has 1 N–H and O–H groups in total. The minimum absolute atomic E-state index is 0.532. The van der Waals surface area contributed by atoms with Crippen LogP contribution >= 0.6 is 15.9 Å². The second-order valence-corrected chi connectivity index (χ2v) is 5.09. The average molecular weight is 282 g/mol. The second kappa shape index (κ2) is 5.02. The number of nitrogens with one attached hydrogen (secondary N) is 1. The summed E-state index contributed by atoms with van der Waals surface area (Å²) in [5.74, 6) is 0. The number of hydrogen-bond donors (Lipinski definition) is 1. The highest BCUT2D eigenvalue weighted by Gasteiger charge is 2.07. The van der Waals surface area contributed by atoms with Crippen molar-refractivity contribution in [3.8, 4) is 0 Å². The molecule has 0 amide bonds. The maximum atomic E-state index is 5.56. The van der Waals surface area contributed by atoms with E-state index in [4.69, 9.17) is 4.42 Å². The highest BCUT2D eigenvalue weighted by atomic mass is 79.9. The van der Waals surface area contributed by atoms with Gasteiger partial charge in [-0.05, 0) is 40.5 Å². The Labute approximate surface area is 104 Å². The number of para-hydroxylation sites is 1. The fourth-order valence-electron chi connectivity index (χ4n) is 1.76. The summed E-state index contributed by atoms with van der Waals surface area (Å²) in [6, 6.07) is 6.68. The van der Waals surface area contributed by atoms with Crippen molar-refractivity contribution in [3.63, 3.8) is 0 Å². The summed E-state index contributed by atoms with van der Waals surface area (Å²) >= 11 is 3.49. The molecular formula is C13H16BrNO. The average Bonchev–Trinajstić information content (AvgIpc) is 2.63. The molecule has 0 saturated carbocycles. The first kappa shape index (κ1) is 11.7. The van der Waals surface area contributed by atoms with Crippen LogP contribution in [0.1, 0.15) is 19.4 Å². The van der Waals surface area contributed by atoms with Crippen LogP contribution in [0.25, 0.3) is 11.0 Å². The molecule has 0 aliphatic heterocycles. The van der Waals surface area contributed by atoms with Gasteiger partial charge in [0.25, 0.3) is 0 Å². The van der Waals surface area contributed by atoms with Crippen molar-refractivity contribution in [1.82, 2.24) is 5.32 Å². The van der Waals surface area contributed by atoms with Gasteiger partial charge in [0.2, 0.25) is 0 Å². The summed E-state index contributed by atoms with van der Waals surface area (Å²) in [5, 5.41) is 4.62. The smallest absolute Gasteiger partial charge is 0.148 e. The van der Waals surface area contributed by atoms with Gasteiger partial charge in [-0.15, -0.1) is 0 Å². The number of hydrogen-bond acceptors (Lipinski definition) is 2. The van der Waals surface area contributed by atoms with Crippen LogP contribution < -0.4 is 5.32 Å². The fraction of sp³-hybridized carbons (Fsp3) is 0.385. The van der Waals surface area contributed by atoms with Gasteiger partial charge in [0.1, 0.15) is 5.58 Å². The first-order chi connectivity index (χ1) is 7.68. The van der Waals surface area contributed by atoms with Crippen LogP contribution in [-0.4, -0.2) is 12.6 Å². The van der Waals surface area contributed by atoms with E-state index >= 15 is 0 Å². The van der Waals surface area contributed by atoms with Crippen LogP contribution in [-0.2, 0) is 6.42 Å². The Hall–Kier alpha value is -0.800. The largest absolute Gasteiger partial charge is 0.463 e. The molecule has 2 rings (SSSR count). The summed E-state index contributed by atoms with van der Waals surface area (Å²) in [4.78, 5) is 0. The summed E-state index contributed by atoms with van der Waals surface area (Å²) in [7, 11) is 0. The van der Waals surface area contributed by atoms with E-state index in [0.717, 1.165) is 23.0 Å². The Morgan fingerprint density at radius 1 is 1.38 bits per heavy atom. The molecule has 16 heavy (non-hydrogen) atoms. The number of rotatable bonds is 4. The highest BCUT2D eigenvalue weighted by Crippen LogP contribution is 2.28. The van der Waals surface area contributed by atoms with E-state index in [2.05, 4.69) is 41.2 Å². The number of furan rings is 1. The Balaban J connectivity index is 2.16. The van der Waals surface area contributed by atoms with Gasteiger partial charge in [-0.1, -0.05) is 26.0 Å². The Morgan fingerprint density at radius 2 is 2.19 bits per heavy atom. The van der Waals surface area contributed by atoms with Gasteiger partial charge in [-0.2, -0.15) is 0 Å². The molecule has 1 heterocycles. The molecule has 1 aromatic carbocycles. The maximum Gasteiger partial charge on any atom is 0.148 e. The van der Waals surface area contributed by atoms with Gasteiger partial charge in [-0.3, -0.25) is 0 Å². The standard InChI is InChI=1S/C13H16BrNO/c1-9(2)15-7-6-10-8-16-13-11(10)4-3-5-12(13)14/h3-5,8-9,15H,6-7H2,1-2H3. The van der Waals surface area contributed by atoms with Crippen molar-refractivity contribution in [2.75, 3.05) is 6.54 Å². The normalized spacial score (nSPS) is 11.5. The van der Waals surface area contributed by atoms with Gasteiger partial charge >= 0.3 is 0 Å². The molecular weight excluding hydrogens is 266 g/mol. The Morgan fingerprint density at radius 3 is 2.94 bits per heavy atom. The van der Waals surface area contributed by atoms with E-state index in [1.54, 1.807) is 0 Å². The third-order valence-corrected chi connectivity index (χ3v) is 3.20. The lowest BCUT2D eigenvalue weighted by atomic mass is 10.1. The molecule has 0 saturated heterocycles. The van der Waals surface area contributed by atoms with Crippen molar-refractivity contribution in [1.29, 1.82) is 0 Å². The minimum Gasteiger partial charge on any atom is -0.463 e. The zero-order valence-corrected chi connectivity index (χ0v) is 11.2. The van der Waals surface area contributed by atoms with Crippen LogP contribution in [0.3, 0.4) is 0 Å². The molecule has 2 aromatic rings. The third-order valence-electron chi connectivity index (χ3n) is 2.58. The first-order valence-corrected chi connectivity index (χ1v) is 6.35. The van der Waals surface area contributed by atoms with Gasteiger partial charge in [-0.25, -0.2) is 0 Å². The molecule has 0 bridgehead atoms. The minimum atomic E-state index is 0.532. The van der Waals surface area contributed by atoms with E-state index in [9.17, 15) is 0 Å². The topological polar surface area (TPSA) is 25.2 Å². The molecule has 2 nitrogen and oxygen atoms in total. The number of benzene rings is 1. The van der Waals surface area contributed by atoms with Gasteiger partial charge < -0.3 is 9.73 Å². The lowest BCUT2D eigenvalue weighted by Crippen LogP contribution is -2.24. The lowest BCUT2D eigenvalue weighted by molar-refractivity contribution is 0.580. The van der Waals surface area contributed by atoms with E-state index in [-0.39, 0.29) is 0 Å². The summed E-state index contributed by atoms with van der Waals surface area (Å²) in [5.41, 5.74) is 2.21. The number of fused-ring (bicyclic) bond motifs is 1. The van der Waals surface area contributed by atoms with Crippen molar-refractivity contribution >= 4 is 26.9 Å². The van der Waals surface area contributed by atoms with Crippen LogP contribution in [0, 0.1) is 0 Å². The molecule has 0 aliphatic rings. The van der Waals surface area contributed by atoms with Crippen molar-refractivity contribution < 1.29 is 4.42 Å². The SMILES string of the molecule is CC(C)NCCc1coc2c(Br)cccc12. The molecule has 1 aromatic heterocycles. The fourth-order valence-corrected chi connectivity index (χ4v) is 2.22. The Kier molecular flexibility index (Phi) is 3.66. The zero-order chi connectivity index (χ0) is 11.5. The highest BCUT2D eigenvalue weighted by molar-refractivity contribution is 9.10. The van der Waals surface area contributed by atoms with Crippen molar-refractivity contribution in [2.24, 2.45) is 0 Å². The van der Waals surface area contributed by atoms with Crippen LogP contribution in [0.4, 0.5) is 0 Å². The third kappa shape index (κ3) is 2.47. The predicted molar refractivity (Wildman–Crippen MR) is 70.8 cm³/mol. The molecule has 0 spiro atoms. The van der Waals surface area contributed by atoms with Crippen LogP contribution in [0.2, 0.25) is 0 Å². The summed E-state index contributed by atoms with van der Waals surface area (Å²) < 4.78 is 6.58. The van der Waals surface area contributed by atoms with E-state index in [1.807, 2.05) is 18.4 Å². The van der Waals surface area contributed by atoms with Crippen molar-refractivity contribution in [2.45, 2.75) is 26.3 Å². The Bertz CT molecular complexity index is 476. The lowest BCUT2D eigenvalue weighted by Gasteiger charge is -2.06. The summed E-state index contributed by atoms with van der Waals surface area (Å²) in [6.45, 7) is 5.30. The monoisotopic (exact) mass is 281 g/mol. The maximum absolute atomic E-state index is 5.56. The van der Waals surface area contributed by atoms with Crippen LogP contribution in [0.5, 0.6) is 0 Å². The van der Waals surface area contributed by atoms with E-state index in [0.29, 0.717) is 6.04 Å². The van der Waals surface area contributed by atoms with Crippen LogP contribution in [0.15, 0.2) is 33.4 Å². The van der Waals surface area contributed by atoms with Gasteiger partial charge in [0.15, 0.2) is 0 Å². The molecule has 0 fully saturated rings.